The predicted molar refractivity (Wildman–Crippen MR) is 116 cm³/mol. The van der Waals surface area contributed by atoms with Gasteiger partial charge in [0.05, 0.1) is 29.7 Å². The SMILES string of the molecule is COC(=O)c1ccc([C@@H]2c3c(oc4ccc(Cl)cc4c3=O)C(=O)N2c2nccs2)cc1. The van der Waals surface area contributed by atoms with Crippen LogP contribution in [-0.2, 0) is 4.74 Å². The van der Waals surface area contributed by atoms with Crippen molar-refractivity contribution >= 4 is 50.9 Å². The zero-order valence-electron chi connectivity index (χ0n) is 16.0. The first kappa shape index (κ1) is 19.5. The first-order valence-electron chi connectivity index (χ1n) is 9.17. The Morgan fingerprint density at radius 3 is 2.65 bits per heavy atom. The molecule has 1 atom stereocenters. The monoisotopic (exact) mass is 452 g/mol. The number of carbonyl (C=O) groups is 2. The van der Waals surface area contributed by atoms with Crippen molar-refractivity contribution < 1.29 is 18.7 Å². The Morgan fingerprint density at radius 2 is 1.97 bits per heavy atom. The van der Waals surface area contributed by atoms with Crippen LogP contribution in [0.5, 0.6) is 0 Å². The van der Waals surface area contributed by atoms with Gasteiger partial charge in [-0.05, 0) is 35.9 Å². The van der Waals surface area contributed by atoms with Crippen LogP contribution in [0.15, 0.2) is 63.3 Å². The average Bonchev–Trinajstić information content (AvgIpc) is 3.40. The lowest BCUT2D eigenvalue weighted by molar-refractivity contribution is 0.0600. The smallest absolute Gasteiger partial charge is 0.337 e. The first-order chi connectivity index (χ1) is 15.0. The summed E-state index contributed by atoms with van der Waals surface area (Å²) < 4.78 is 10.6. The fourth-order valence-electron chi connectivity index (χ4n) is 3.71. The number of hydrogen-bond acceptors (Lipinski definition) is 7. The van der Waals surface area contributed by atoms with Crippen molar-refractivity contribution in [2.75, 3.05) is 12.0 Å². The molecule has 0 spiro atoms. The van der Waals surface area contributed by atoms with Gasteiger partial charge in [0.2, 0.25) is 5.76 Å². The topological polar surface area (TPSA) is 89.7 Å². The van der Waals surface area contributed by atoms with Crippen LogP contribution < -0.4 is 10.3 Å². The molecular formula is C22H13ClN2O5S. The van der Waals surface area contributed by atoms with E-state index >= 15 is 0 Å². The molecule has 0 saturated heterocycles. The summed E-state index contributed by atoms with van der Waals surface area (Å²) in [5.41, 5.74) is 1.13. The molecular weight excluding hydrogens is 440 g/mol. The van der Waals surface area contributed by atoms with E-state index < -0.39 is 17.9 Å². The Morgan fingerprint density at radius 1 is 1.19 bits per heavy atom. The van der Waals surface area contributed by atoms with Gasteiger partial charge in [0.15, 0.2) is 10.6 Å². The van der Waals surface area contributed by atoms with Gasteiger partial charge in [0.1, 0.15) is 5.58 Å². The number of fused-ring (bicyclic) bond motifs is 2. The van der Waals surface area contributed by atoms with Gasteiger partial charge < -0.3 is 9.15 Å². The lowest BCUT2D eigenvalue weighted by Crippen LogP contribution is -2.29. The predicted octanol–water partition coefficient (Wildman–Crippen LogP) is 4.44. The minimum Gasteiger partial charge on any atom is -0.465 e. The molecule has 2 aromatic heterocycles. The van der Waals surface area contributed by atoms with Crippen LogP contribution in [0.1, 0.15) is 38.1 Å². The van der Waals surface area contributed by atoms with Gasteiger partial charge >= 0.3 is 5.97 Å². The van der Waals surface area contributed by atoms with E-state index in [1.165, 1.54) is 29.4 Å². The van der Waals surface area contributed by atoms with Crippen molar-refractivity contribution in [1.82, 2.24) is 4.98 Å². The first-order valence-corrected chi connectivity index (χ1v) is 10.4. The number of thiazole rings is 1. The molecule has 0 fully saturated rings. The maximum absolute atomic E-state index is 13.4. The molecule has 31 heavy (non-hydrogen) atoms. The van der Waals surface area contributed by atoms with Crippen molar-refractivity contribution in [3.63, 3.8) is 0 Å². The van der Waals surface area contributed by atoms with Crippen LogP contribution in [0.3, 0.4) is 0 Å². The van der Waals surface area contributed by atoms with Crippen molar-refractivity contribution in [2.24, 2.45) is 0 Å². The minimum atomic E-state index is -0.764. The summed E-state index contributed by atoms with van der Waals surface area (Å²) in [5, 5.41) is 2.85. The number of nitrogens with zero attached hydrogens (tertiary/aromatic N) is 2. The van der Waals surface area contributed by atoms with Gasteiger partial charge in [-0.3, -0.25) is 14.5 Å². The molecule has 3 heterocycles. The molecule has 0 N–H and O–H groups in total. The number of hydrogen-bond donors (Lipinski definition) is 0. The van der Waals surface area contributed by atoms with E-state index in [9.17, 15) is 14.4 Å². The molecule has 154 valence electrons. The molecule has 0 radical (unpaired) electrons. The molecule has 0 aliphatic carbocycles. The minimum absolute atomic E-state index is 0.0305. The van der Waals surface area contributed by atoms with Crippen molar-refractivity contribution in [1.29, 1.82) is 0 Å². The highest BCUT2D eigenvalue weighted by Crippen LogP contribution is 2.42. The highest BCUT2D eigenvalue weighted by Gasteiger charge is 2.44. The van der Waals surface area contributed by atoms with Gasteiger partial charge in [-0.15, -0.1) is 11.3 Å². The summed E-state index contributed by atoms with van der Waals surface area (Å²) in [7, 11) is 1.30. The molecule has 0 saturated carbocycles. The van der Waals surface area contributed by atoms with E-state index in [1.54, 1.807) is 48.0 Å². The number of anilines is 1. The van der Waals surface area contributed by atoms with Crippen LogP contribution in [0, 0.1) is 0 Å². The molecule has 0 bridgehead atoms. The van der Waals surface area contributed by atoms with E-state index in [0.717, 1.165) is 0 Å². The second-order valence-electron chi connectivity index (χ2n) is 6.82. The van der Waals surface area contributed by atoms with Crippen molar-refractivity contribution in [3.8, 4) is 0 Å². The molecule has 4 aromatic rings. The second kappa shape index (κ2) is 7.33. The summed E-state index contributed by atoms with van der Waals surface area (Å²) in [6.45, 7) is 0. The average molecular weight is 453 g/mol. The molecule has 9 heteroatoms. The van der Waals surface area contributed by atoms with Gasteiger partial charge in [-0.25, -0.2) is 9.78 Å². The summed E-state index contributed by atoms with van der Waals surface area (Å²) in [4.78, 5) is 44.3. The largest absolute Gasteiger partial charge is 0.465 e. The molecule has 1 aliphatic rings. The molecule has 5 rings (SSSR count). The zero-order valence-corrected chi connectivity index (χ0v) is 17.6. The van der Waals surface area contributed by atoms with Gasteiger partial charge in [-0.2, -0.15) is 0 Å². The third kappa shape index (κ3) is 3.03. The van der Waals surface area contributed by atoms with E-state index in [0.29, 0.717) is 21.3 Å². The van der Waals surface area contributed by atoms with Crippen LogP contribution in [0.25, 0.3) is 11.0 Å². The Kier molecular flexibility index (Phi) is 4.60. The summed E-state index contributed by atoms with van der Waals surface area (Å²) in [6, 6.07) is 10.5. The molecule has 0 unspecified atom stereocenters. The Labute approximate surface area is 184 Å². The fourth-order valence-corrected chi connectivity index (χ4v) is 4.55. The number of halogens is 1. The zero-order chi connectivity index (χ0) is 21.7. The van der Waals surface area contributed by atoms with Crippen molar-refractivity contribution in [3.05, 3.63) is 91.7 Å². The second-order valence-corrected chi connectivity index (χ2v) is 8.13. The fraction of sp³-hybridized carbons (Fsp3) is 0.0909. The van der Waals surface area contributed by atoms with E-state index in [4.69, 9.17) is 20.8 Å². The van der Waals surface area contributed by atoms with Crippen LogP contribution >= 0.6 is 22.9 Å². The molecule has 2 aromatic carbocycles. The molecule has 1 aliphatic heterocycles. The van der Waals surface area contributed by atoms with E-state index in [-0.39, 0.29) is 27.7 Å². The molecule has 7 nitrogen and oxygen atoms in total. The number of aromatic nitrogens is 1. The summed E-state index contributed by atoms with van der Waals surface area (Å²) in [5.74, 6) is -0.968. The number of amides is 1. The van der Waals surface area contributed by atoms with E-state index in [1.807, 2.05) is 0 Å². The van der Waals surface area contributed by atoms with Gasteiger partial charge in [-0.1, -0.05) is 23.7 Å². The van der Waals surface area contributed by atoms with Crippen LogP contribution in [0.2, 0.25) is 5.02 Å². The number of esters is 1. The van der Waals surface area contributed by atoms with Crippen molar-refractivity contribution in [2.45, 2.75) is 6.04 Å². The Balaban J connectivity index is 1.76. The number of carbonyl (C=O) groups excluding carboxylic acids is 2. The van der Waals surface area contributed by atoms with Gasteiger partial charge in [0.25, 0.3) is 5.91 Å². The lowest BCUT2D eigenvalue weighted by atomic mass is 9.97. The summed E-state index contributed by atoms with van der Waals surface area (Å²) in [6.07, 6.45) is 1.58. The molecule has 1 amide bonds. The van der Waals surface area contributed by atoms with Crippen LogP contribution in [0.4, 0.5) is 5.13 Å². The number of methoxy groups -OCH3 is 1. The maximum Gasteiger partial charge on any atom is 0.337 e. The quantitative estimate of drug-likeness (QED) is 0.427. The lowest BCUT2D eigenvalue weighted by Gasteiger charge is -2.22. The van der Waals surface area contributed by atoms with E-state index in [2.05, 4.69) is 4.98 Å². The maximum atomic E-state index is 13.4. The number of ether oxygens (including phenoxy) is 1. The standard InChI is InChI=1S/C22H13ClN2O5S/c1-29-21(28)12-4-2-11(3-5-12)17-16-18(26)14-10-13(23)6-7-15(14)30-19(16)20(27)25(17)22-24-8-9-31-22/h2-10,17H,1H3/t17-/m1/s1. The highest BCUT2D eigenvalue weighted by molar-refractivity contribution is 7.13. The Hall–Kier alpha value is -3.49. The Bertz CT molecular complexity index is 1400. The third-order valence-corrected chi connectivity index (χ3v) is 6.11. The van der Waals surface area contributed by atoms with Crippen LogP contribution in [-0.4, -0.2) is 24.0 Å². The normalized spacial score (nSPS) is 15.4. The highest BCUT2D eigenvalue weighted by atomic mass is 35.5. The number of benzene rings is 2. The van der Waals surface area contributed by atoms with Gasteiger partial charge in [0, 0.05) is 16.6 Å². The third-order valence-electron chi connectivity index (χ3n) is 5.11. The summed E-state index contributed by atoms with van der Waals surface area (Å²) >= 11 is 7.36. The number of rotatable bonds is 3.